The van der Waals surface area contributed by atoms with Crippen LogP contribution in [0.2, 0.25) is 0 Å². The first-order valence-electron chi connectivity index (χ1n) is 12.6. The molecule has 6 nitrogen and oxygen atoms in total. The summed E-state index contributed by atoms with van der Waals surface area (Å²) in [6.07, 6.45) is -3.68. The smallest absolute Gasteiger partial charge is 0.416 e. The van der Waals surface area contributed by atoms with Crippen molar-refractivity contribution in [2.75, 3.05) is 26.7 Å². The Morgan fingerprint density at radius 1 is 1.00 bits per heavy atom. The van der Waals surface area contributed by atoms with Gasteiger partial charge in [0.05, 0.1) is 17.1 Å². The van der Waals surface area contributed by atoms with Crippen molar-refractivity contribution < 1.29 is 31.1 Å². The standard InChI is InChI=1S/C29H31F3N2O4S/c1-33(20-23-10-4-2-5-11-23)27(35)19-28(22-38-25-13-6-3-7-14-25)16-9-17-34(21-28)39(36,37)26-15-8-12-24(18-26)29(30,31)32/h2-8,10-15,18H,9,16-17,19-22H2,1H3/t28-/m0/s1. The minimum Gasteiger partial charge on any atom is -0.493 e. The summed E-state index contributed by atoms with van der Waals surface area (Å²) in [5, 5.41) is 0. The molecule has 3 aromatic rings. The topological polar surface area (TPSA) is 66.9 Å². The second-order valence-corrected chi connectivity index (χ2v) is 11.9. The predicted octanol–water partition coefficient (Wildman–Crippen LogP) is 5.60. The van der Waals surface area contributed by atoms with Crippen molar-refractivity contribution in [3.63, 3.8) is 0 Å². The third-order valence-corrected chi connectivity index (χ3v) is 8.77. The van der Waals surface area contributed by atoms with E-state index in [2.05, 4.69) is 0 Å². The molecule has 10 heteroatoms. The van der Waals surface area contributed by atoms with Crippen LogP contribution in [0.1, 0.15) is 30.4 Å². The van der Waals surface area contributed by atoms with Crippen molar-refractivity contribution in [2.45, 2.75) is 36.9 Å². The number of ether oxygens (including phenoxy) is 1. The maximum absolute atomic E-state index is 13.5. The van der Waals surface area contributed by atoms with Gasteiger partial charge in [-0.1, -0.05) is 54.6 Å². The van der Waals surface area contributed by atoms with E-state index in [0.29, 0.717) is 31.2 Å². The van der Waals surface area contributed by atoms with Gasteiger partial charge in [0, 0.05) is 38.5 Å². The molecule has 0 aromatic heterocycles. The molecule has 1 atom stereocenters. The van der Waals surface area contributed by atoms with Crippen LogP contribution in [0.4, 0.5) is 13.2 Å². The number of rotatable bonds is 9. The number of carbonyl (C=O) groups excluding carboxylic acids is 1. The van der Waals surface area contributed by atoms with E-state index in [-0.39, 0.29) is 32.0 Å². The molecule has 0 saturated carbocycles. The van der Waals surface area contributed by atoms with E-state index >= 15 is 0 Å². The van der Waals surface area contributed by atoms with Gasteiger partial charge in [-0.15, -0.1) is 0 Å². The molecule has 0 N–H and O–H groups in total. The molecule has 208 valence electrons. The Balaban J connectivity index is 1.59. The summed E-state index contributed by atoms with van der Waals surface area (Å²) in [4.78, 5) is 14.6. The number of carbonyl (C=O) groups is 1. The SMILES string of the molecule is CN(Cc1ccccc1)C(=O)C[C@@]1(COc2ccccc2)CCCN(S(=O)(=O)c2cccc(C(F)(F)F)c2)C1. The fourth-order valence-corrected chi connectivity index (χ4v) is 6.46. The zero-order valence-electron chi connectivity index (χ0n) is 21.6. The summed E-state index contributed by atoms with van der Waals surface area (Å²) in [7, 11) is -2.56. The lowest BCUT2D eigenvalue weighted by Gasteiger charge is -2.42. The van der Waals surface area contributed by atoms with Crippen molar-refractivity contribution in [1.82, 2.24) is 9.21 Å². The largest absolute Gasteiger partial charge is 0.493 e. The lowest BCUT2D eigenvalue weighted by molar-refractivity contribution is -0.138. The lowest BCUT2D eigenvalue weighted by atomic mass is 9.78. The van der Waals surface area contributed by atoms with Gasteiger partial charge in [0.15, 0.2) is 0 Å². The fraction of sp³-hybridized carbons (Fsp3) is 0.345. The van der Waals surface area contributed by atoms with Gasteiger partial charge < -0.3 is 9.64 Å². The van der Waals surface area contributed by atoms with Crippen LogP contribution < -0.4 is 4.74 Å². The van der Waals surface area contributed by atoms with E-state index in [1.54, 1.807) is 24.1 Å². The molecule has 0 unspecified atom stereocenters. The Labute approximate surface area is 227 Å². The molecule has 0 spiro atoms. The average Bonchev–Trinajstić information content (AvgIpc) is 2.93. The first-order valence-corrected chi connectivity index (χ1v) is 14.1. The van der Waals surface area contributed by atoms with E-state index in [1.165, 1.54) is 10.4 Å². The van der Waals surface area contributed by atoms with Gasteiger partial charge in [-0.3, -0.25) is 4.79 Å². The third-order valence-electron chi connectivity index (χ3n) is 6.93. The number of benzene rings is 3. The van der Waals surface area contributed by atoms with Gasteiger partial charge in [-0.2, -0.15) is 17.5 Å². The van der Waals surface area contributed by atoms with E-state index in [4.69, 9.17) is 4.74 Å². The van der Waals surface area contributed by atoms with Gasteiger partial charge in [-0.05, 0) is 48.7 Å². The summed E-state index contributed by atoms with van der Waals surface area (Å²) in [6.45, 7) is 0.557. The van der Waals surface area contributed by atoms with Crippen LogP contribution in [-0.4, -0.2) is 50.3 Å². The summed E-state index contributed by atoms with van der Waals surface area (Å²) in [5.74, 6) is 0.411. The number of para-hydroxylation sites is 1. The number of hydrogen-bond acceptors (Lipinski definition) is 4. The van der Waals surface area contributed by atoms with Crippen molar-refractivity contribution in [1.29, 1.82) is 0 Å². The lowest BCUT2D eigenvalue weighted by Crippen LogP contribution is -2.50. The zero-order chi connectivity index (χ0) is 28.1. The number of nitrogens with zero attached hydrogens (tertiary/aromatic N) is 2. The van der Waals surface area contributed by atoms with Crippen molar-refractivity contribution in [3.05, 3.63) is 96.1 Å². The van der Waals surface area contributed by atoms with Crippen LogP contribution in [0.5, 0.6) is 5.75 Å². The van der Waals surface area contributed by atoms with Crippen LogP contribution in [0.25, 0.3) is 0 Å². The van der Waals surface area contributed by atoms with Crippen LogP contribution in [0.3, 0.4) is 0 Å². The number of halogens is 3. The van der Waals surface area contributed by atoms with Gasteiger partial charge in [0.2, 0.25) is 15.9 Å². The Bertz CT molecular complexity index is 1370. The molecule has 3 aromatic carbocycles. The van der Waals surface area contributed by atoms with E-state index in [9.17, 15) is 26.4 Å². The quantitative estimate of drug-likeness (QED) is 0.342. The molecule has 0 bridgehead atoms. The first kappa shape index (κ1) is 28.6. The van der Waals surface area contributed by atoms with E-state index < -0.39 is 32.1 Å². The van der Waals surface area contributed by atoms with E-state index in [1.807, 2.05) is 48.5 Å². The molecule has 0 radical (unpaired) electrons. The minimum atomic E-state index is -4.67. The van der Waals surface area contributed by atoms with Crippen molar-refractivity contribution >= 4 is 15.9 Å². The fourth-order valence-electron chi connectivity index (χ4n) is 4.82. The first-order chi connectivity index (χ1) is 18.5. The number of sulfonamides is 1. The van der Waals surface area contributed by atoms with Crippen molar-refractivity contribution in [2.24, 2.45) is 5.41 Å². The molecule has 1 aliphatic heterocycles. The number of amides is 1. The number of alkyl halides is 3. The van der Waals surface area contributed by atoms with Gasteiger partial charge >= 0.3 is 6.18 Å². The van der Waals surface area contributed by atoms with E-state index in [0.717, 1.165) is 17.7 Å². The van der Waals surface area contributed by atoms with Crippen LogP contribution >= 0.6 is 0 Å². The van der Waals surface area contributed by atoms with Gasteiger partial charge in [0.25, 0.3) is 0 Å². The molecule has 0 aliphatic carbocycles. The van der Waals surface area contributed by atoms with Crippen LogP contribution in [0.15, 0.2) is 89.8 Å². The molecule has 39 heavy (non-hydrogen) atoms. The third kappa shape index (κ3) is 7.19. The summed E-state index contributed by atoms with van der Waals surface area (Å²) in [5.41, 5.74) is -0.942. The Hall–Kier alpha value is -3.37. The summed E-state index contributed by atoms with van der Waals surface area (Å²) in [6, 6.07) is 22.3. The number of piperidine rings is 1. The molecule has 1 aliphatic rings. The molecule has 1 heterocycles. The van der Waals surface area contributed by atoms with Crippen LogP contribution in [-0.2, 0) is 27.5 Å². The average molecular weight is 561 g/mol. The molecule has 1 saturated heterocycles. The van der Waals surface area contributed by atoms with Crippen molar-refractivity contribution in [3.8, 4) is 5.75 Å². The summed E-state index contributed by atoms with van der Waals surface area (Å²) >= 11 is 0. The highest BCUT2D eigenvalue weighted by atomic mass is 32.2. The maximum atomic E-state index is 13.5. The second kappa shape index (κ2) is 11.8. The highest BCUT2D eigenvalue weighted by Crippen LogP contribution is 2.38. The van der Waals surface area contributed by atoms with Crippen LogP contribution in [0, 0.1) is 5.41 Å². The highest BCUT2D eigenvalue weighted by Gasteiger charge is 2.43. The zero-order valence-corrected chi connectivity index (χ0v) is 22.4. The summed E-state index contributed by atoms with van der Waals surface area (Å²) < 4.78 is 74.1. The molecule has 1 amide bonds. The Morgan fingerprint density at radius 2 is 1.67 bits per heavy atom. The minimum absolute atomic E-state index is 0.0256. The molecule has 1 fully saturated rings. The van der Waals surface area contributed by atoms with Gasteiger partial charge in [0.1, 0.15) is 5.75 Å². The molecule has 4 rings (SSSR count). The van der Waals surface area contributed by atoms with Gasteiger partial charge in [-0.25, -0.2) is 8.42 Å². The highest BCUT2D eigenvalue weighted by molar-refractivity contribution is 7.89. The normalized spacial score (nSPS) is 18.5. The monoisotopic (exact) mass is 560 g/mol. The second-order valence-electron chi connectivity index (χ2n) is 9.98. The Kier molecular flexibility index (Phi) is 8.66. The molecular formula is C29H31F3N2O4S. The predicted molar refractivity (Wildman–Crippen MR) is 141 cm³/mol. The molecular weight excluding hydrogens is 529 g/mol. The number of hydrogen-bond donors (Lipinski definition) is 0. The Morgan fingerprint density at radius 3 is 2.33 bits per heavy atom. The maximum Gasteiger partial charge on any atom is 0.416 e.